The quantitative estimate of drug-likeness (QED) is 0.145. The van der Waals surface area contributed by atoms with Gasteiger partial charge in [-0.2, -0.15) is 0 Å². The first-order valence-electron chi connectivity index (χ1n) is 17.2. The van der Waals surface area contributed by atoms with Gasteiger partial charge in [0.2, 0.25) is 0 Å². The predicted octanol–water partition coefficient (Wildman–Crippen LogP) is 11.7. The Bertz CT molecular complexity index is 983. The molecule has 0 saturated carbocycles. The van der Waals surface area contributed by atoms with Crippen molar-refractivity contribution in [3.63, 3.8) is 0 Å². The van der Waals surface area contributed by atoms with E-state index in [-0.39, 0.29) is 0 Å². The average molecular weight is 540 g/mol. The van der Waals surface area contributed by atoms with Gasteiger partial charge in [0.05, 0.1) is 0 Å². The average Bonchev–Trinajstić information content (AvgIpc) is 3.16. The third-order valence-corrected chi connectivity index (χ3v) is 9.29. The minimum absolute atomic E-state index is 1.21. The largest absolute Gasteiger partial charge is 0.303 e. The van der Waals surface area contributed by atoms with E-state index < -0.39 is 0 Å². The van der Waals surface area contributed by atoms with Crippen LogP contribution in [0.1, 0.15) is 151 Å². The Morgan fingerprint density at radius 2 is 0.900 bits per heavy atom. The van der Waals surface area contributed by atoms with Crippen molar-refractivity contribution in [1.82, 2.24) is 4.90 Å². The summed E-state index contributed by atoms with van der Waals surface area (Å²) in [7, 11) is 0. The number of hydrogen-bond acceptors (Lipinski definition) is 1. The molecule has 0 radical (unpaired) electrons. The zero-order chi connectivity index (χ0) is 27.7. The smallest absolute Gasteiger partial charge is 0.00190 e. The first-order valence-corrected chi connectivity index (χ1v) is 17.2. The topological polar surface area (TPSA) is 3.24 Å². The third kappa shape index (κ3) is 10.1. The van der Waals surface area contributed by atoms with Crippen LogP contribution in [0.4, 0.5) is 0 Å². The molecule has 1 saturated heterocycles. The number of rotatable bonds is 18. The Hall–Kier alpha value is -2.12. The molecule has 1 nitrogen and oxygen atoms in total. The fourth-order valence-corrected chi connectivity index (χ4v) is 6.80. The van der Waals surface area contributed by atoms with Crippen LogP contribution < -0.4 is 0 Å². The van der Waals surface area contributed by atoms with Gasteiger partial charge in [0, 0.05) is 13.1 Å². The van der Waals surface area contributed by atoms with Crippen LogP contribution in [0, 0.1) is 0 Å². The lowest BCUT2D eigenvalue weighted by atomic mass is 9.86. The second-order valence-corrected chi connectivity index (χ2v) is 12.5. The van der Waals surface area contributed by atoms with Crippen LogP contribution in [0.25, 0.3) is 17.7 Å². The van der Waals surface area contributed by atoms with Gasteiger partial charge >= 0.3 is 0 Å². The number of piperidine rings is 1. The summed E-state index contributed by atoms with van der Waals surface area (Å²) in [5, 5.41) is 0. The number of likely N-dealkylation sites (tertiary alicyclic amines) is 1. The molecule has 1 aliphatic carbocycles. The summed E-state index contributed by atoms with van der Waals surface area (Å²) in [5.74, 6) is 0. The van der Waals surface area contributed by atoms with Gasteiger partial charge in [-0.3, -0.25) is 0 Å². The molecule has 2 aliphatic rings. The van der Waals surface area contributed by atoms with Gasteiger partial charge in [-0.25, -0.2) is 0 Å². The SMILES string of the molecule is CCCCCCCCCCCCCCCCCCCN1CCC(=C2c3ccccc3C=Cc3ccccc32)CC1. The van der Waals surface area contributed by atoms with Crippen molar-refractivity contribution < 1.29 is 0 Å². The van der Waals surface area contributed by atoms with E-state index in [4.69, 9.17) is 0 Å². The Morgan fingerprint density at radius 3 is 1.35 bits per heavy atom. The van der Waals surface area contributed by atoms with E-state index in [0.29, 0.717) is 0 Å². The van der Waals surface area contributed by atoms with Crippen LogP contribution in [0.5, 0.6) is 0 Å². The van der Waals surface area contributed by atoms with Crippen molar-refractivity contribution >= 4 is 17.7 Å². The summed E-state index contributed by atoms with van der Waals surface area (Å²) >= 11 is 0. The number of unbranched alkanes of at least 4 members (excludes halogenated alkanes) is 16. The highest BCUT2D eigenvalue weighted by atomic mass is 15.1. The maximum Gasteiger partial charge on any atom is 0.00190 e. The van der Waals surface area contributed by atoms with E-state index in [0.717, 1.165) is 0 Å². The minimum atomic E-state index is 1.21. The lowest BCUT2D eigenvalue weighted by Crippen LogP contribution is -2.32. The van der Waals surface area contributed by atoms with E-state index in [1.165, 1.54) is 169 Å². The molecule has 4 rings (SSSR count). The molecular formula is C39H57N. The Morgan fingerprint density at radius 1 is 0.500 bits per heavy atom. The van der Waals surface area contributed by atoms with Gasteiger partial charge in [0.25, 0.3) is 0 Å². The maximum atomic E-state index is 2.72. The lowest BCUT2D eigenvalue weighted by Gasteiger charge is -2.30. The molecule has 1 aliphatic heterocycles. The number of benzene rings is 2. The summed E-state index contributed by atoms with van der Waals surface area (Å²) in [6.45, 7) is 6.03. The monoisotopic (exact) mass is 539 g/mol. The van der Waals surface area contributed by atoms with Crippen molar-refractivity contribution in [1.29, 1.82) is 0 Å². The molecule has 0 spiro atoms. The van der Waals surface area contributed by atoms with E-state index in [1.807, 2.05) is 0 Å². The van der Waals surface area contributed by atoms with Gasteiger partial charge < -0.3 is 4.90 Å². The predicted molar refractivity (Wildman–Crippen MR) is 178 cm³/mol. The molecule has 2 aromatic carbocycles. The zero-order valence-corrected chi connectivity index (χ0v) is 25.8. The highest BCUT2D eigenvalue weighted by molar-refractivity contribution is 5.94. The zero-order valence-electron chi connectivity index (χ0n) is 25.8. The van der Waals surface area contributed by atoms with Crippen LogP contribution in [0.3, 0.4) is 0 Å². The molecule has 1 fully saturated rings. The summed E-state index contributed by atoms with van der Waals surface area (Å²) in [6, 6.07) is 17.9. The highest BCUT2D eigenvalue weighted by Gasteiger charge is 2.22. The Kier molecular flexibility index (Phi) is 14.1. The lowest BCUT2D eigenvalue weighted by molar-refractivity contribution is 0.251. The Labute approximate surface area is 247 Å². The normalized spacial score (nSPS) is 15.2. The van der Waals surface area contributed by atoms with Gasteiger partial charge in [0.1, 0.15) is 0 Å². The first kappa shape index (κ1) is 30.8. The number of fused-ring (bicyclic) bond motifs is 2. The van der Waals surface area contributed by atoms with Gasteiger partial charge in [-0.1, -0.05) is 176 Å². The van der Waals surface area contributed by atoms with Gasteiger partial charge in [-0.05, 0) is 53.6 Å². The van der Waals surface area contributed by atoms with Crippen LogP contribution in [0.2, 0.25) is 0 Å². The van der Waals surface area contributed by atoms with Gasteiger partial charge in [-0.15, -0.1) is 0 Å². The van der Waals surface area contributed by atoms with Crippen molar-refractivity contribution in [2.24, 2.45) is 0 Å². The van der Waals surface area contributed by atoms with Gasteiger partial charge in [0.15, 0.2) is 0 Å². The molecule has 1 heterocycles. The summed E-state index contributed by atoms with van der Waals surface area (Å²) in [4.78, 5) is 2.72. The molecule has 2 aromatic rings. The van der Waals surface area contributed by atoms with Crippen molar-refractivity contribution in [2.45, 2.75) is 129 Å². The number of hydrogen-bond donors (Lipinski definition) is 0. The van der Waals surface area contributed by atoms with Crippen molar-refractivity contribution in [3.05, 3.63) is 76.4 Å². The van der Waals surface area contributed by atoms with Crippen LogP contribution in [-0.4, -0.2) is 24.5 Å². The maximum absolute atomic E-state index is 2.72. The second kappa shape index (κ2) is 18.3. The fraction of sp³-hybridized carbons (Fsp3) is 0.590. The summed E-state index contributed by atoms with van der Waals surface area (Å²) in [6.07, 6.45) is 31.6. The van der Waals surface area contributed by atoms with Crippen LogP contribution in [0.15, 0.2) is 54.1 Å². The highest BCUT2D eigenvalue weighted by Crippen LogP contribution is 2.38. The standard InChI is InChI=1S/C39H57N/c1-2-3-4-5-6-7-8-9-10-11-12-13-14-15-16-17-22-31-40-32-29-36(30-33-40)39-37-25-20-18-23-34(37)27-28-35-24-19-21-26-38(35)39/h18-21,23-28H,2-17,22,29-33H2,1H3. The molecule has 0 N–H and O–H groups in total. The van der Waals surface area contributed by atoms with E-state index in [2.05, 4.69) is 72.5 Å². The van der Waals surface area contributed by atoms with E-state index in [9.17, 15) is 0 Å². The first-order chi connectivity index (χ1) is 19.9. The van der Waals surface area contributed by atoms with Crippen molar-refractivity contribution in [2.75, 3.05) is 19.6 Å². The molecule has 218 valence electrons. The van der Waals surface area contributed by atoms with E-state index in [1.54, 1.807) is 5.57 Å². The minimum Gasteiger partial charge on any atom is -0.303 e. The summed E-state index contributed by atoms with van der Waals surface area (Å²) < 4.78 is 0. The second-order valence-electron chi connectivity index (χ2n) is 12.5. The number of nitrogens with zero attached hydrogens (tertiary/aromatic N) is 1. The Balaban J connectivity index is 1.06. The van der Waals surface area contributed by atoms with Crippen LogP contribution >= 0.6 is 0 Å². The molecule has 0 bridgehead atoms. The molecular weight excluding hydrogens is 482 g/mol. The van der Waals surface area contributed by atoms with Crippen molar-refractivity contribution in [3.8, 4) is 0 Å². The molecule has 0 amide bonds. The molecule has 0 unspecified atom stereocenters. The third-order valence-electron chi connectivity index (χ3n) is 9.29. The molecule has 40 heavy (non-hydrogen) atoms. The van der Waals surface area contributed by atoms with E-state index >= 15 is 0 Å². The fourth-order valence-electron chi connectivity index (χ4n) is 6.80. The molecule has 1 heteroatoms. The molecule has 0 aromatic heterocycles. The molecule has 0 atom stereocenters. The van der Waals surface area contributed by atoms with Crippen LogP contribution in [-0.2, 0) is 0 Å². The summed E-state index contributed by atoms with van der Waals surface area (Å²) in [5.41, 5.74) is 8.70.